The number of hydroxylamine groups is 2. The second kappa shape index (κ2) is 62.0. The molecule has 2 atom stereocenters. The van der Waals surface area contributed by atoms with Gasteiger partial charge in [-0.1, -0.05) is 67.4 Å². The first-order chi connectivity index (χ1) is 69.8. The molecule has 0 saturated carbocycles. The molecule has 13 rings (SSSR count). The maximum atomic E-state index is 12.7. The molecule has 2 unspecified atom stereocenters. The Labute approximate surface area is 862 Å². The number of aliphatic hydroxyl groups is 3. The number of nitrogen functional groups attached to an aromatic ring is 2. The fraction of sp³-hybridized carbons (Fsp3) is 0.400. The van der Waals surface area contributed by atoms with Gasteiger partial charge in [0.25, 0.3) is 11.8 Å². The van der Waals surface area contributed by atoms with Crippen molar-refractivity contribution < 1.29 is 116 Å². The van der Waals surface area contributed by atoms with Crippen LogP contribution in [0, 0.1) is 0 Å². The van der Waals surface area contributed by atoms with Crippen molar-refractivity contribution in [1.29, 1.82) is 0 Å². The second-order valence-electron chi connectivity index (χ2n) is 34.2. The Hall–Kier alpha value is -14.0. The molecule has 38 nitrogen and oxygen atoms in total. The van der Waals surface area contributed by atoms with Crippen molar-refractivity contribution in [3.05, 3.63) is 190 Å². The topological polar surface area (TPSA) is 596 Å². The molecule has 0 aromatic heterocycles. The Balaban J connectivity index is 0.000000271. The molecule has 8 aromatic rings. The molecule has 1 fully saturated rings. The highest BCUT2D eigenvalue weighted by Crippen LogP contribution is 2.51. The van der Waals surface area contributed by atoms with E-state index in [9.17, 15) is 87.2 Å². The number of nitrogens with zero attached hydrogens (tertiary/aromatic N) is 1. The normalized spacial score (nSPS) is 13.0. The van der Waals surface area contributed by atoms with Gasteiger partial charge in [-0.3, -0.25) is 72.0 Å². The number of halogens is 3. The van der Waals surface area contributed by atoms with Gasteiger partial charge >= 0.3 is 18.1 Å². The molecular formula is C105H131Cl3N14O24. The van der Waals surface area contributed by atoms with Crippen LogP contribution in [0.1, 0.15) is 223 Å². The third-order valence-electron chi connectivity index (χ3n) is 23.6. The van der Waals surface area contributed by atoms with Gasteiger partial charge < -0.3 is 110 Å². The molecule has 21 N–H and O–H groups in total. The highest BCUT2D eigenvalue weighted by molar-refractivity contribution is 6.40. The van der Waals surface area contributed by atoms with Crippen molar-refractivity contribution in [2.75, 3.05) is 136 Å². The van der Waals surface area contributed by atoms with Crippen molar-refractivity contribution in [2.24, 2.45) is 5.73 Å². The van der Waals surface area contributed by atoms with Gasteiger partial charge in [0.05, 0.1) is 38.4 Å². The van der Waals surface area contributed by atoms with Gasteiger partial charge in [-0.15, -0.1) is 35.6 Å². The van der Waals surface area contributed by atoms with Gasteiger partial charge in [-0.2, -0.15) is 0 Å². The second-order valence-corrected chi connectivity index (χ2v) is 35.0. The van der Waals surface area contributed by atoms with E-state index < -0.39 is 35.8 Å². The van der Waals surface area contributed by atoms with E-state index in [2.05, 4.69) is 58.9 Å². The summed E-state index contributed by atoms with van der Waals surface area (Å²) in [7, 11) is 4.61. The maximum Gasteiger partial charge on any atom is 0.533 e. The lowest BCUT2D eigenvalue weighted by atomic mass is 9.97. The van der Waals surface area contributed by atoms with Gasteiger partial charge in [0.1, 0.15) is 6.61 Å². The van der Waals surface area contributed by atoms with Gasteiger partial charge in [-0.25, -0.2) is 4.79 Å². The van der Waals surface area contributed by atoms with Crippen LogP contribution in [0.3, 0.4) is 0 Å². The molecule has 41 heteroatoms. The number of fused-ring (bicyclic) bond motifs is 12. The summed E-state index contributed by atoms with van der Waals surface area (Å²) in [5.41, 5.74) is 35.7. The molecular weight excluding hydrogens is 1950 g/mol. The minimum absolute atomic E-state index is 0. The highest BCUT2D eigenvalue weighted by atomic mass is 35.5. The number of carbonyl (C=O) groups excluding carboxylic acids is 13. The lowest BCUT2D eigenvalue weighted by molar-refractivity contribution is -0.177. The number of carbonyl (C=O) groups is 15. The molecule has 146 heavy (non-hydrogen) atoms. The number of hydrogen-bond acceptors (Lipinski definition) is 25. The number of imide groups is 1. The number of carboxylic acids is 2. The summed E-state index contributed by atoms with van der Waals surface area (Å²) in [6.07, 6.45) is 4.24. The first kappa shape index (κ1) is 119. The standard InChI is InChI=1S/C35H43N5O10.C30H40N4O6.C24H26N2O7.C14H14N2O.CH2Cl2.CH5N.ClH/c1-3-16-36-29(41)6-4-8-31(43)38-22-10-12-24-25-13-11-23(39-32(44)9-5-7-30(42)37-17-18-48-2)20-27(25)28(26(24)19-22)21-49-35(47)50-40-33(45)14-15-34(40)46;1-3-14-31-27(36)6-4-8-29(38)33-20-10-12-22-23-13-11-21(18-25(23)26(19-35)24(22)17-20)34-30(39)9-5-7-28(37)32-15-16-40-2;27-13-20-18-11-14(25-21(28)3-1-5-23(30)31)7-9-16(18)17-10-8-15(12-19(17)20)26-22(29)4-2-6-24(32)33;15-8-1-3-10-11-4-2-9(16)6-13(11)14(7-17)12(10)5-8;2-1-3;1-2;/h10-13,19-20,28H,3-9,14-18,21H2,1-2H3,(H,36,41)(H,37,42)(H,38,43)(H,39,44);10-13,17-18,26,35H,3-9,14-16,19H2,1-2H3,(H,31,36)(H,32,37)(H,33,38)(H,34,39);7-12,20,27H,1-6,13H2,(H,25,28)(H,26,29)(H,30,31)(H,32,33);1-6,14,17H,7,15-16H2;1H2;2H2,1H3;1H. The zero-order valence-corrected chi connectivity index (χ0v) is 84.7. The van der Waals surface area contributed by atoms with Crippen LogP contribution in [0.25, 0.3) is 44.5 Å². The Morgan fingerprint density at radius 2 is 0.562 bits per heavy atom. The number of aliphatic hydroxyl groups excluding tert-OH is 3. The molecule has 4 aliphatic carbocycles. The Morgan fingerprint density at radius 3 is 0.795 bits per heavy atom. The Bertz CT molecular complexity index is 5740. The number of hydrogen-bond donors (Lipinski definition) is 18. The number of ether oxygens (including phenoxy) is 3. The number of anilines is 8. The van der Waals surface area contributed by atoms with Crippen molar-refractivity contribution in [1.82, 2.24) is 26.3 Å². The van der Waals surface area contributed by atoms with Crippen LogP contribution >= 0.6 is 35.6 Å². The van der Waals surface area contributed by atoms with Crippen molar-refractivity contribution in [2.45, 2.75) is 179 Å². The SMILES string of the molecule is CCCNC(=O)CCCC(=O)Nc1ccc2c(c1)C(CO)c1cc(NC(=O)CCCC(=O)NCCOC)ccc1-2.CCCNC(=O)CCCC(=O)Nc1ccc2c(c1)C(COC(=O)ON1C(=O)CCC1=O)c1cc(NC(=O)CCCC(=O)NCCOC)ccc1-2.CN.Cl.ClCCl.Nc1ccc2c(c1)C(CO)c1cc(N)ccc1-2.O=C(O)CCCC(=O)Nc1ccc2c(c1)C(CO)c1cc(NC(=O)CCCC(=O)O)ccc1-2. The molecule has 0 radical (unpaired) electrons. The number of rotatable bonds is 46. The smallest absolute Gasteiger partial charge is 0.481 e. The predicted octanol–water partition coefficient (Wildman–Crippen LogP) is 13.4. The number of amides is 12. The predicted molar refractivity (Wildman–Crippen MR) is 559 cm³/mol. The summed E-state index contributed by atoms with van der Waals surface area (Å²) in [5, 5.41) is 75.9. The van der Waals surface area contributed by atoms with Crippen LogP contribution in [0.2, 0.25) is 0 Å². The summed E-state index contributed by atoms with van der Waals surface area (Å²) >= 11 is 9.53. The average Bonchev–Trinajstić information content (AvgIpc) is 1.62. The number of carboxylic acid groups (broad SMARTS) is 2. The first-order valence-corrected chi connectivity index (χ1v) is 49.1. The van der Waals surface area contributed by atoms with E-state index in [1.54, 1.807) is 62.8 Å². The maximum absolute atomic E-state index is 12.7. The molecule has 5 aliphatic rings. The minimum Gasteiger partial charge on any atom is -0.481 e. The van der Waals surface area contributed by atoms with Crippen molar-refractivity contribution in [3.8, 4) is 44.5 Å². The van der Waals surface area contributed by atoms with Crippen LogP contribution < -0.4 is 70.4 Å². The van der Waals surface area contributed by atoms with Gasteiger partial charge in [-0.05, 0) is 244 Å². The molecule has 1 aliphatic heterocycles. The number of nitrogens with two attached hydrogens (primary N) is 3. The lowest BCUT2D eigenvalue weighted by Crippen LogP contribution is -2.32. The minimum atomic E-state index is -1.23. The van der Waals surface area contributed by atoms with Crippen LogP contribution in [0.15, 0.2) is 146 Å². The molecule has 8 aromatic carbocycles. The fourth-order valence-electron chi connectivity index (χ4n) is 16.9. The van der Waals surface area contributed by atoms with Gasteiger partial charge in [0.15, 0.2) is 0 Å². The lowest BCUT2D eigenvalue weighted by Gasteiger charge is -2.17. The van der Waals surface area contributed by atoms with E-state index in [0.29, 0.717) is 111 Å². The summed E-state index contributed by atoms with van der Waals surface area (Å²) in [6, 6.07) is 44.4. The van der Waals surface area contributed by atoms with Crippen LogP contribution in [-0.4, -0.2) is 212 Å². The third kappa shape index (κ3) is 36.4. The third-order valence-corrected chi connectivity index (χ3v) is 23.6. The van der Waals surface area contributed by atoms with E-state index in [4.69, 9.17) is 63.9 Å². The molecule has 1 saturated heterocycles. The monoisotopic (exact) mass is 2080 g/mol. The average molecular weight is 2080 g/mol. The zero-order chi connectivity index (χ0) is 106. The molecule has 12 amide bonds. The highest BCUT2D eigenvalue weighted by Gasteiger charge is 2.38. The fourth-order valence-corrected chi connectivity index (χ4v) is 16.9. The number of methoxy groups -OCH3 is 2. The van der Waals surface area contributed by atoms with E-state index in [1.165, 1.54) is 7.05 Å². The summed E-state index contributed by atoms with van der Waals surface area (Å²) in [4.78, 5) is 184. The molecule has 1 heterocycles. The summed E-state index contributed by atoms with van der Waals surface area (Å²) in [6.45, 7) is 6.40. The van der Waals surface area contributed by atoms with Crippen LogP contribution in [0.4, 0.5) is 50.3 Å². The molecule has 786 valence electrons. The summed E-state index contributed by atoms with van der Waals surface area (Å²) < 4.78 is 15.2. The Kier molecular flexibility index (Phi) is 50.5. The molecule has 0 spiro atoms. The van der Waals surface area contributed by atoms with E-state index in [-0.39, 0.29) is 217 Å². The van der Waals surface area contributed by atoms with Gasteiger partial charge in [0, 0.05) is 199 Å². The quantitative estimate of drug-likeness (QED) is 0.00554. The van der Waals surface area contributed by atoms with Crippen LogP contribution in [0.5, 0.6) is 0 Å². The van der Waals surface area contributed by atoms with E-state index in [1.807, 2.05) is 111 Å². The number of nitrogens with one attached hydrogen (secondary N) is 10. The van der Waals surface area contributed by atoms with E-state index in [0.717, 1.165) is 113 Å². The largest absolute Gasteiger partial charge is 0.533 e. The van der Waals surface area contributed by atoms with Crippen molar-refractivity contribution in [3.63, 3.8) is 0 Å². The van der Waals surface area contributed by atoms with Gasteiger partial charge in [0.2, 0.25) is 59.1 Å². The van der Waals surface area contributed by atoms with Crippen LogP contribution in [-0.2, 0) is 86.2 Å². The summed E-state index contributed by atoms with van der Waals surface area (Å²) in [5.74, 6) is -6.27. The number of benzene rings is 8. The zero-order valence-electron chi connectivity index (χ0n) is 82.3. The van der Waals surface area contributed by atoms with Crippen molar-refractivity contribution >= 4 is 170 Å². The Morgan fingerprint density at radius 1 is 0.342 bits per heavy atom. The first-order valence-electron chi connectivity index (χ1n) is 48.0. The number of aliphatic carboxylic acids is 2. The number of alkyl halides is 2. The molecule has 0 bridgehead atoms. The van der Waals surface area contributed by atoms with E-state index >= 15 is 0 Å².